The molecule has 6 radical (unpaired) electrons. The molecular formula is C52H52B4BrCl2N9O3S3. The molecule has 0 spiro atoms. The maximum Gasteiger partial charge on any atom is 0.257 e. The van der Waals surface area contributed by atoms with Gasteiger partial charge in [-0.3, -0.25) is 25.0 Å². The molecule has 0 atom stereocenters. The van der Waals surface area contributed by atoms with Crippen molar-refractivity contribution in [1.29, 1.82) is 0 Å². The molecule has 12 nitrogen and oxygen atoms in total. The van der Waals surface area contributed by atoms with Gasteiger partial charge >= 0.3 is 0 Å². The SMILES string of the molecule is CC(C)(C)c1ccc(C(=O)Cl)cc1.CC(C)(C)c1ccc(C(=O)Nc2nc3ccc(Br)nc3s2)cc1.CC(C)(C)c1ccc(C(=O)Nc2nc3ccc(Cl)nc3s2)cc1.Cc1ccc2nc(N)sc2n1.[B]B([B])[B]. The molecule has 0 saturated heterocycles. The monoisotopic (exact) mass is 1140 g/mol. The minimum Gasteiger partial charge on any atom is -0.375 e. The number of nitrogens with one attached hydrogen (secondary N) is 2. The van der Waals surface area contributed by atoms with E-state index in [1.807, 2.05) is 91.9 Å². The van der Waals surface area contributed by atoms with Gasteiger partial charge in [0.05, 0.1) is 0 Å². The number of aromatic nitrogens is 6. The lowest BCUT2D eigenvalue weighted by Gasteiger charge is -2.18. The molecule has 0 bridgehead atoms. The highest BCUT2D eigenvalue weighted by Crippen LogP contribution is 2.29. The standard InChI is InChI=1S/C17H16BrN3OS.C17H16ClN3OS.C11H13ClO.C7H7N3S.B4/c2*1-17(2,3)11-6-4-10(5-7-11)14(22)21-16-19-12-8-9-13(18)20-15(12)23-16;1-11(2,3)9-6-4-8(5-7-9)10(12)13;1-4-2-3-5-6(9-4)11-7(8)10-5;1-4(2)3/h2*4-9H,1-3H3,(H,19,21,22);4-7H,1-3H3;2-3H,1H3,(H2,8,10);. The van der Waals surface area contributed by atoms with Gasteiger partial charge in [-0.2, -0.15) is 0 Å². The number of nitrogens with zero attached hydrogens (tertiary/aromatic N) is 6. The van der Waals surface area contributed by atoms with Crippen LogP contribution in [0, 0.1) is 6.92 Å². The van der Waals surface area contributed by atoms with E-state index in [-0.39, 0.29) is 28.1 Å². The number of benzene rings is 3. The zero-order valence-electron chi connectivity index (χ0n) is 42.5. The summed E-state index contributed by atoms with van der Waals surface area (Å²) in [5.41, 5.74) is 14.5. The van der Waals surface area contributed by atoms with E-state index < -0.39 is 11.6 Å². The van der Waals surface area contributed by atoms with E-state index in [9.17, 15) is 14.4 Å². The molecule has 6 heterocycles. The van der Waals surface area contributed by atoms with Crippen molar-refractivity contribution in [2.75, 3.05) is 16.4 Å². The number of pyridine rings is 3. The lowest BCUT2D eigenvalue weighted by Crippen LogP contribution is -2.14. The predicted octanol–water partition coefficient (Wildman–Crippen LogP) is 13.3. The number of nitrogen functional groups attached to an aromatic ring is 1. The summed E-state index contributed by atoms with van der Waals surface area (Å²) in [4.78, 5) is 63.5. The minimum atomic E-state index is -0.667. The van der Waals surface area contributed by atoms with Gasteiger partial charge in [-0.25, -0.2) is 29.9 Å². The van der Waals surface area contributed by atoms with Crippen molar-refractivity contribution in [3.8, 4) is 0 Å². The van der Waals surface area contributed by atoms with Crippen LogP contribution in [-0.4, -0.2) is 76.6 Å². The Labute approximate surface area is 466 Å². The summed E-state index contributed by atoms with van der Waals surface area (Å²) in [5.74, 6) is -0.348. The maximum absolute atomic E-state index is 12.3. The average molecular weight is 1140 g/mol. The van der Waals surface area contributed by atoms with E-state index >= 15 is 0 Å². The van der Waals surface area contributed by atoms with Gasteiger partial charge in [-0.15, -0.1) is 0 Å². The third-order valence-electron chi connectivity index (χ3n) is 10.3. The molecule has 4 N–H and O–H groups in total. The molecule has 9 aromatic rings. The smallest absolute Gasteiger partial charge is 0.257 e. The molecule has 0 aliphatic carbocycles. The minimum absolute atomic E-state index is 0.0625. The summed E-state index contributed by atoms with van der Waals surface area (Å²) in [6.07, 6.45) is -0.667. The van der Waals surface area contributed by atoms with Crippen molar-refractivity contribution in [3.05, 3.63) is 158 Å². The van der Waals surface area contributed by atoms with Crippen LogP contribution in [-0.2, 0) is 16.2 Å². The van der Waals surface area contributed by atoms with E-state index in [1.54, 1.807) is 24.3 Å². The van der Waals surface area contributed by atoms with Crippen LogP contribution in [0.4, 0.5) is 15.4 Å². The fourth-order valence-electron chi connectivity index (χ4n) is 6.31. The number of hydrogen-bond donors (Lipinski definition) is 3. The Kier molecular flexibility index (Phi) is 20.7. The van der Waals surface area contributed by atoms with Crippen LogP contribution in [0.1, 0.15) is 116 Å². The summed E-state index contributed by atoms with van der Waals surface area (Å²) in [6.45, 7) is 21.2. The second-order valence-corrected chi connectivity index (χ2v) is 24.0. The number of amides is 2. The molecule has 2 amide bonds. The van der Waals surface area contributed by atoms with Gasteiger partial charge in [0, 0.05) is 52.0 Å². The molecule has 0 unspecified atom stereocenters. The van der Waals surface area contributed by atoms with E-state index in [2.05, 4.69) is 142 Å². The first-order chi connectivity index (χ1) is 34.5. The van der Waals surface area contributed by atoms with Crippen molar-refractivity contribution in [1.82, 2.24) is 29.9 Å². The summed E-state index contributed by atoms with van der Waals surface area (Å²) in [7, 11) is 14.0. The second kappa shape index (κ2) is 25.8. The van der Waals surface area contributed by atoms with Gasteiger partial charge in [0.15, 0.2) is 15.4 Å². The number of rotatable bonds is 5. The quantitative estimate of drug-likeness (QED) is 0.0853. The first kappa shape index (κ1) is 59.4. The highest BCUT2D eigenvalue weighted by molar-refractivity contribution is 9.10. The number of carbonyl (C=O) groups excluding carboxylic acids is 3. The highest BCUT2D eigenvalue weighted by Gasteiger charge is 2.18. The second-order valence-electron chi connectivity index (χ2n) is 19.5. The molecule has 9 rings (SSSR count). The van der Waals surface area contributed by atoms with Gasteiger partial charge in [0.1, 0.15) is 40.8 Å². The molecule has 0 saturated carbocycles. The Morgan fingerprint density at radius 2 is 0.892 bits per heavy atom. The third-order valence-corrected chi connectivity index (χ3v) is 13.7. The number of hydrogen-bond acceptors (Lipinski definition) is 13. The Balaban J connectivity index is 0.000000185. The van der Waals surface area contributed by atoms with Crippen molar-refractivity contribution >= 4 is 166 Å². The lowest BCUT2D eigenvalue weighted by molar-refractivity contribution is 0.101. The number of fused-ring (bicyclic) bond motifs is 3. The summed E-state index contributed by atoms with van der Waals surface area (Å²) >= 11 is 18.6. The van der Waals surface area contributed by atoms with E-state index in [0.29, 0.717) is 42.1 Å². The largest absolute Gasteiger partial charge is 0.375 e. The number of halogens is 3. The predicted molar refractivity (Wildman–Crippen MR) is 319 cm³/mol. The van der Waals surface area contributed by atoms with Gasteiger partial charge in [0.2, 0.25) is 0 Å². The summed E-state index contributed by atoms with van der Waals surface area (Å²) in [6, 6.07) is 33.7. The number of aryl methyl sites for hydroxylation is 1. The Morgan fingerprint density at radius 1 is 0.527 bits per heavy atom. The molecule has 3 aromatic carbocycles. The molecule has 0 fully saturated rings. The number of nitrogens with two attached hydrogens (primary N) is 1. The first-order valence-corrected chi connectivity index (χ1v) is 26.8. The molecule has 74 heavy (non-hydrogen) atoms. The summed E-state index contributed by atoms with van der Waals surface area (Å²) < 4.78 is 0.754. The van der Waals surface area contributed by atoms with Gasteiger partial charge in [-0.1, -0.05) is 144 Å². The lowest BCUT2D eigenvalue weighted by atomic mass is 9.08. The topological polar surface area (TPSA) is 179 Å². The zero-order chi connectivity index (χ0) is 54.7. The zero-order valence-corrected chi connectivity index (χ0v) is 48.1. The van der Waals surface area contributed by atoms with Gasteiger partial charge < -0.3 is 5.73 Å². The maximum atomic E-state index is 12.3. The Bertz CT molecular complexity index is 3210. The van der Waals surface area contributed by atoms with E-state index in [4.69, 9.17) is 28.9 Å². The van der Waals surface area contributed by atoms with Crippen LogP contribution < -0.4 is 16.4 Å². The van der Waals surface area contributed by atoms with Gasteiger partial charge in [0.25, 0.3) is 17.1 Å². The van der Waals surface area contributed by atoms with Gasteiger partial charge in [-0.05, 0) is 140 Å². The normalized spacial score (nSPS) is 11.1. The van der Waals surface area contributed by atoms with Crippen LogP contribution in [0.2, 0.25) is 5.15 Å². The van der Waals surface area contributed by atoms with Crippen LogP contribution in [0.15, 0.2) is 114 Å². The Morgan fingerprint density at radius 3 is 1.31 bits per heavy atom. The number of anilines is 3. The molecular weight excluding hydrogens is 1090 g/mol. The first-order valence-electron chi connectivity index (χ1n) is 22.8. The number of thiazole rings is 3. The third kappa shape index (κ3) is 18.1. The van der Waals surface area contributed by atoms with E-state index in [1.165, 1.54) is 50.7 Å². The van der Waals surface area contributed by atoms with Crippen LogP contribution in [0.3, 0.4) is 0 Å². The fraction of sp³-hybridized carbons (Fsp3) is 0.250. The van der Waals surface area contributed by atoms with Crippen molar-refractivity contribution < 1.29 is 14.4 Å². The fourth-order valence-corrected chi connectivity index (χ4v) is 9.47. The highest BCUT2D eigenvalue weighted by atomic mass is 79.9. The van der Waals surface area contributed by atoms with E-state index in [0.717, 1.165) is 36.5 Å². The average Bonchev–Trinajstić information content (AvgIpc) is 4.03. The van der Waals surface area contributed by atoms with Crippen LogP contribution in [0.25, 0.3) is 31.0 Å². The summed E-state index contributed by atoms with van der Waals surface area (Å²) in [5, 5.41) is 7.31. The Hall–Kier alpha value is -5.49. The van der Waals surface area contributed by atoms with Crippen LogP contribution >= 0.6 is 73.1 Å². The number of carbonyl (C=O) groups is 3. The van der Waals surface area contributed by atoms with Crippen molar-refractivity contribution in [2.24, 2.45) is 0 Å². The molecule has 374 valence electrons. The molecule has 6 aromatic heterocycles. The van der Waals surface area contributed by atoms with Crippen molar-refractivity contribution in [3.63, 3.8) is 0 Å². The molecule has 0 aliphatic rings. The molecule has 0 aliphatic heterocycles. The van der Waals surface area contributed by atoms with Crippen LogP contribution in [0.5, 0.6) is 0 Å². The molecule has 22 heteroatoms. The van der Waals surface area contributed by atoms with Crippen molar-refractivity contribution in [2.45, 2.75) is 85.5 Å².